The second kappa shape index (κ2) is 8.48. The number of aliphatic hydroxyl groups excluding tert-OH is 1. The second-order valence-electron chi connectivity index (χ2n) is 5.53. The molecule has 0 atom stereocenters. The summed E-state index contributed by atoms with van der Waals surface area (Å²) in [5.41, 5.74) is -3.52. The van der Waals surface area contributed by atoms with Crippen molar-refractivity contribution in [2.45, 2.75) is 18.7 Å². The average Bonchev–Trinajstić information content (AvgIpc) is 2.61. The van der Waals surface area contributed by atoms with Gasteiger partial charge < -0.3 is 5.11 Å². The molecule has 0 saturated carbocycles. The Hall–Kier alpha value is -2.16. The minimum Gasteiger partial charge on any atom is -0.392 e. The Bertz CT molecular complexity index is 832. The molecule has 0 fully saturated rings. The van der Waals surface area contributed by atoms with Crippen molar-refractivity contribution in [3.63, 3.8) is 0 Å². The Kier molecular flexibility index (Phi) is 6.57. The summed E-state index contributed by atoms with van der Waals surface area (Å²) in [6.45, 7) is -0.909. The SMILES string of the molecule is O=S(=O)(N(CC=Cc1ccc(CO)cc1)Cc1ccccc1)C(F)(F)F. The van der Waals surface area contributed by atoms with Crippen LogP contribution >= 0.6 is 0 Å². The predicted octanol–water partition coefficient (Wildman–Crippen LogP) is 3.54. The Morgan fingerprint density at radius 1 is 0.962 bits per heavy atom. The molecule has 0 unspecified atom stereocenters. The van der Waals surface area contributed by atoms with Crippen LogP contribution in [0.3, 0.4) is 0 Å². The molecule has 1 N–H and O–H groups in total. The van der Waals surface area contributed by atoms with Crippen molar-refractivity contribution in [2.24, 2.45) is 0 Å². The van der Waals surface area contributed by atoms with Crippen molar-refractivity contribution < 1.29 is 26.7 Å². The van der Waals surface area contributed by atoms with Crippen molar-refractivity contribution in [3.05, 3.63) is 77.4 Å². The molecule has 8 heteroatoms. The van der Waals surface area contributed by atoms with E-state index in [1.807, 2.05) is 0 Å². The summed E-state index contributed by atoms with van der Waals surface area (Å²) in [4.78, 5) is 0. The molecule has 0 bridgehead atoms. The number of hydrogen-bond acceptors (Lipinski definition) is 3. The van der Waals surface area contributed by atoms with E-state index in [-0.39, 0.29) is 13.2 Å². The summed E-state index contributed by atoms with van der Waals surface area (Å²) in [6.07, 6.45) is 2.89. The highest BCUT2D eigenvalue weighted by molar-refractivity contribution is 7.89. The van der Waals surface area contributed by atoms with Gasteiger partial charge in [0.05, 0.1) is 6.61 Å². The third kappa shape index (κ3) is 5.17. The standard InChI is InChI=1S/C18H18F3NO3S/c19-18(20,21)26(24,25)22(13-16-5-2-1-3-6-16)12-4-7-15-8-10-17(14-23)11-9-15/h1-11,23H,12-14H2. The first-order valence-electron chi connectivity index (χ1n) is 7.71. The maximum atomic E-state index is 12.9. The summed E-state index contributed by atoms with van der Waals surface area (Å²) in [5.74, 6) is 0. The van der Waals surface area contributed by atoms with Gasteiger partial charge in [-0.2, -0.15) is 17.5 Å². The summed E-state index contributed by atoms with van der Waals surface area (Å²) in [6, 6.07) is 14.8. The molecule has 26 heavy (non-hydrogen) atoms. The van der Waals surface area contributed by atoms with Crippen LogP contribution in [0.4, 0.5) is 13.2 Å². The third-order valence-corrected chi connectivity index (χ3v) is 5.16. The monoisotopic (exact) mass is 385 g/mol. The number of aliphatic hydroxyl groups is 1. The fourth-order valence-electron chi connectivity index (χ4n) is 2.22. The van der Waals surface area contributed by atoms with Gasteiger partial charge in [-0.3, -0.25) is 0 Å². The molecule has 0 aliphatic heterocycles. The fraction of sp³-hybridized carbons (Fsp3) is 0.222. The van der Waals surface area contributed by atoms with Crippen LogP contribution in [-0.4, -0.2) is 29.9 Å². The molecular formula is C18H18F3NO3S. The fourth-order valence-corrected chi connectivity index (χ4v) is 3.12. The zero-order valence-electron chi connectivity index (χ0n) is 13.7. The van der Waals surface area contributed by atoms with E-state index in [0.717, 1.165) is 0 Å². The average molecular weight is 385 g/mol. The van der Waals surface area contributed by atoms with Crippen LogP contribution in [0.5, 0.6) is 0 Å². The van der Waals surface area contributed by atoms with E-state index >= 15 is 0 Å². The van der Waals surface area contributed by atoms with Crippen LogP contribution in [-0.2, 0) is 23.2 Å². The first-order chi connectivity index (χ1) is 12.2. The zero-order valence-corrected chi connectivity index (χ0v) is 14.5. The van der Waals surface area contributed by atoms with Gasteiger partial charge in [-0.1, -0.05) is 66.7 Å². The van der Waals surface area contributed by atoms with Gasteiger partial charge >= 0.3 is 15.5 Å². The number of rotatable bonds is 7. The van der Waals surface area contributed by atoms with Crippen molar-refractivity contribution in [1.82, 2.24) is 4.31 Å². The lowest BCUT2D eigenvalue weighted by Crippen LogP contribution is -2.40. The first kappa shape index (κ1) is 20.2. The normalized spacial score (nSPS) is 12.8. The van der Waals surface area contributed by atoms with Gasteiger partial charge in [-0.05, 0) is 16.7 Å². The maximum absolute atomic E-state index is 12.9. The lowest BCUT2D eigenvalue weighted by molar-refractivity contribution is -0.0488. The molecule has 0 aromatic heterocycles. The van der Waals surface area contributed by atoms with Crippen LogP contribution in [0, 0.1) is 0 Å². The Morgan fingerprint density at radius 2 is 1.58 bits per heavy atom. The van der Waals surface area contributed by atoms with E-state index in [1.165, 1.54) is 12.2 Å². The molecule has 0 aliphatic rings. The highest BCUT2D eigenvalue weighted by Crippen LogP contribution is 2.28. The molecular weight excluding hydrogens is 367 g/mol. The van der Waals surface area contributed by atoms with E-state index in [1.54, 1.807) is 54.6 Å². The first-order valence-corrected chi connectivity index (χ1v) is 9.15. The summed E-state index contributed by atoms with van der Waals surface area (Å²) < 4.78 is 62.9. The zero-order chi connectivity index (χ0) is 19.2. The van der Waals surface area contributed by atoms with Crippen molar-refractivity contribution in [3.8, 4) is 0 Å². The Labute approximate surface area is 150 Å². The molecule has 2 aromatic rings. The molecule has 0 amide bonds. The Morgan fingerprint density at radius 3 is 2.12 bits per heavy atom. The van der Waals surface area contributed by atoms with Gasteiger partial charge in [0.25, 0.3) is 0 Å². The molecule has 140 valence electrons. The lowest BCUT2D eigenvalue weighted by atomic mass is 10.1. The number of nitrogens with zero attached hydrogens (tertiary/aromatic N) is 1. The summed E-state index contributed by atoms with van der Waals surface area (Å²) >= 11 is 0. The van der Waals surface area contributed by atoms with Crippen LogP contribution in [0.2, 0.25) is 0 Å². The number of benzene rings is 2. The van der Waals surface area contributed by atoms with E-state index in [2.05, 4.69) is 0 Å². The number of sulfonamides is 1. The van der Waals surface area contributed by atoms with Crippen LogP contribution < -0.4 is 0 Å². The van der Waals surface area contributed by atoms with E-state index in [0.29, 0.717) is 21.0 Å². The van der Waals surface area contributed by atoms with Gasteiger partial charge in [-0.15, -0.1) is 0 Å². The molecule has 0 radical (unpaired) electrons. The smallest absolute Gasteiger partial charge is 0.392 e. The number of alkyl halides is 3. The van der Waals surface area contributed by atoms with Gasteiger partial charge in [-0.25, -0.2) is 8.42 Å². The van der Waals surface area contributed by atoms with Crippen LogP contribution in [0.25, 0.3) is 6.08 Å². The highest BCUT2D eigenvalue weighted by atomic mass is 32.2. The minimum atomic E-state index is -5.45. The number of halogens is 3. The minimum absolute atomic E-state index is 0.112. The molecule has 0 spiro atoms. The van der Waals surface area contributed by atoms with Gasteiger partial charge in [0.1, 0.15) is 0 Å². The summed E-state index contributed by atoms with van der Waals surface area (Å²) in [5, 5.41) is 8.99. The van der Waals surface area contributed by atoms with Crippen LogP contribution in [0.15, 0.2) is 60.7 Å². The van der Waals surface area contributed by atoms with Crippen molar-refractivity contribution in [1.29, 1.82) is 0 Å². The van der Waals surface area contributed by atoms with Gasteiger partial charge in [0.2, 0.25) is 0 Å². The molecule has 4 nitrogen and oxygen atoms in total. The Balaban J connectivity index is 2.19. The molecule has 0 aliphatic carbocycles. The van der Waals surface area contributed by atoms with E-state index < -0.39 is 22.1 Å². The van der Waals surface area contributed by atoms with Crippen molar-refractivity contribution >= 4 is 16.1 Å². The quantitative estimate of drug-likeness (QED) is 0.793. The lowest BCUT2D eigenvalue weighted by Gasteiger charge is -2.22. The molecule has 0 saturated heterocycles. The predicted molar refractivity (Wildman–Crippen MR) is 93.2 cm³/mol. The van der Waals surface area contributed by atoms with E-state index in [9.17, 15) is 21.6 Å². The second-order valence-corrected chi connectivity index (χ2v) is 7.46. The molecule has 2 aromatic carbocycles. The highest BCUT2D eigenvalue weighted by Gasteiger charge is 2.49. The molecule has 0 heterocycles. The summed E-state index contributed by atoms with van der Waals surface area (Å²) in [7, 11) is -5.45. The maximum Gasteiger partial charge on any atom is 0.511 e. The van der Waals surface area contributed by atoms with Gasteiger partial charge in [0, 0.05) is 13.1 Å². The topological polar surface area (TPSA) is 57.6 Å². The van der Waals surface area contributed by atoms with Crippen LogP contribution in [0.1, 0.15) is 16.7 Å². The largest absolute Gasteiger partial charge is 0.511 e. The van der Waals surface area contributed by atoms with Gasteiger partial charge in [0.15, 0.2) is 0 Å². The van der Waals surface area contributed by atoms with Crippen molar-refractivity contribution in [2.75, 3.05) is 6.54 Å². The third-order valence-electron chi connectivity index (χ3n) is 3.62. The molecule has 2 rings (SSSR count). The van der Waals surface area contributed by atoms with E-state index in [4.69, 9.17) is 5.11 Å². The number of hydrogen-bond donors (Lipinski definition) is 1.